The van der Waals surface area contributed by atoms with Crippen molar-refractivity contribution in [3.05, 3.63) is 95.4 Å². The van der Waals surface area contributed by atoms with Gasteiger partial charge in [0, 0.05) is 12.1 Å². The Kier molecular flexibility index (Phi) is 5.08. The van der Waals surface area contributed by atoms with Crippen molar-refractivity contribution in [1.29, 1.82) is 0 Å². The van der Waals surface area contributed by atoms with Gasteiger partial charge in [-0.05, 0) is 17.2 Å². The molecule has 3 rings (SSSR count). The first-order chi connectivity index (χ1) is 11.8. The van der Waals surface area contributed by atoms with Crippen molar-refractivity contribution in [2.24, 2.45) is 0 Å². The van der Waals surface area contributed by atoms with Crippen LogP contribution in [0.5, 0.6) is 0 Å². The Morgan fingerprint density at radius 2 is 1.58 bits per heavy atom. The minimum atomic E-state index is -0.465. The molecule has 0 unspecified atom stereocenters. The molecule has 0 amide bonds. The Bertz CT molecular complexity index is 741. The molecule has 0 saturated heterocycles. The number of furan rings is 1. The predicted molar refractivity (Wildman–Crippen MR) is 91.6 cm³/mol. The number of rotatable bonds is 6. The molecule has 1 N–H and O–H groups in total. The van der Waals surface area contributed by atoms with Gasteiger partial charge in [0.1, 0.15) is 0 Å². The van der Waals surface area contributed by atoms with Gasteiger partial charge < -0.3 is 14.5 Å². The van der Waals surface area contributed by atoms with E-state index in [1.165, 1.54) is 13.4 Å². The van der Waals surface area contributed by atoms with Gasteiger partial charge in [-0.3, -0.25) is 0 Å². The summed E-state index contributed by atoms with van der Waals surface area (Å²) in [7, 11) is 1.35. The van der Waals surface area contributed by atoms with Crippen LogP contribution in [-0.2, 0) is 11.3 Å². The summed E-state index contributed by atoms with van der Waals surface area (Å²) in [6.45, 7) is 0.495. The van der Waals surface area contributed by atoms with Crippen LogP contribution in [0.25, 0.3) is 0 Å². The maximum Gasteiger partial charge on any atom is 0.374 e. The van der Waals surface area contributed by atoms with Crippen LogP contribution in [-0.4, -0.2) is 13.1 Å². The summed E-state index contributed by atoms with van der Waals surface area (Å²) in [6, 6.07) is 22.2. The average Bonchev–Trinajstić information content (AvgIpc) is 3.12. The highest BCUT2D eigenvalue weighted by Gasteiger charge is 2.18. The van der Waals surface area contributed by atoms with Crippen LogP contribution in [0.1, 0.15) is 33.3 Å². The average molecular weight is 321 g/mol. The van der Waals surface area contributed by atoms with Crippen LogP contribution in [0.3, 0.4) is 0 Å². The molecule has 1 heterocycles. The molecule has 0 atom stereocenters. The van der Waals surface area contributed by atoms with Crippen molar-refractivity contribution < 1.29 is 13.9 Å². The molecule has 0 spiro atoms. The molecule has 0 aliphatic carbocycles. The van der Waals surface area contributed by atoms with Crippen LogP contribution in [0.4, 0.5) is 0 Å². The Balaban J connectivity index is 1.84. The zero-order valence-electron chi connectivity index (χ0n) is 13.4. The lowest BCUT2D eigenvalue weighted by Gasteiger charge is -2.19. The first-order valence-electron chi connectivity index (χ1n) is 7.77. The summed E-state index contributed by atoms with van der Waals surface area (Å²) in [4.78, 5) is 11.7. The van der Waals surface area contributed by atoms with Gasteiger partial charge in [0.2, 0.25) is 5.76 Å². The smallest absolute Gasteiger partial charge is 0.374 e. The van der Waals surface area contributed by atoms with E-state index >= 15 is 0 Å². The number of hydrogen-bond donors (Lipinski definition) is 1. The summed E-state index contributed by atoms with van der Waals surface area (Å²) in [5, 5.41) is 3.51. The highest BCUT2D eigenvalue weighted by atomic mass is 16.5. The molecule has 0 aliphatic rings. The number of hydrogen-bond acceptors (Lipinski definition) is 4. The standard InChI is InChI=1S/C20H19NO3/c1-23-20(22)19-17(12-13-24-19)14-21-18(15-8-4-2-5-9-15)16-10-6-3-7-11-16/h2-13,18,21H,14H2,1H3. The Hall–Kier alpha value is -2.85. The maximum atomic E-state index is 11.7. The van der Waals surface area contributed by atoms with E-state index in [0.29, 0.717) is 6.54 Å². The quantitative estimate of drug-likeness (QED) is 0.699. The van der Waals surface area contributed by atoms with Crippen molar-refractivity contribution in [2.75, 3.05) is 7.11 Å². The van der Waals surface area contributed by atoms with Gasteiger partial charge >= 0.3 is 5.97 Å². The zero-order valence-corrected chi connectivity index (χ0v) is 13.4. The number of carbonyl (C=O) groups excluding carboxylic acids is 1. The largest absolute Gasteiger partial charge is 0.463 e. The molecular formula is C20H19NO3. The van der Waals surface area contributed by atoms with Gasteiger partial charge in [-0.1, -0.05) is 60.7 Å². The molecule has 1 aromatic heterocycles. The van der Waals surface area contributed by atoms with E-state index in [9.17, 15) is 4.79 Å². The lowest BCUT2D eigenvalue weighted by atomic mass is 9.98. The Morgan fingerprint density at radius 3 is 2.12 bits per heavy atom. The third-order valence-corrected chi connectivity index (χ3v) is 3.88. The summed E-state index contributed by atoms with van der Waals surface area (Å²) < 4.78 is 10.00. The number of methoxy groups -OCH3 is 1. The Morgan fingerprint density at radius 1 is 1.00 bits per heavy atom. The molecule has 122 valence electrons. The van der Waals surface area contributed by atoms with Crippen molar-refractivity contribution in [2.45, 2.75) is 12.6 Å². The lowest BCUT2D eigenvalue weighted by molar-refractivity contribution is 0.0563. The molecule has 0 radical (unpaired) electrons. The third kappa shape index (κ3) is 3.55. The summed E-state index contributed by atoms with van der Waals surface area (Å²) in [6.07, 6.45) is 1.50. The molecule has 0 saturated carbocycles. The van der Waals surface area contributed by atoms with E-state index in [-0.39, 0.29) is 11.8 Å². The van der Waals surface area contributed by atoms with Gasteiger partial charge in [0.05, 0.1) is 19.4 Å². The van der Waals surface area contributed by atoms with Gasteiger partial charge in [-0.2, -0.15) is 0 Å². The highest BCUT2D eigenvalue weighted by molar-refractivity contribution is 5.87. The number of benzene rings is 2. The number of carbonyl (C=O) groups is 1. The number of nitrogens with one attached hydrogen (secondary N) is 1. The minimum absolute atomic E-state index is 0.0211. The van der Waals surface area contributed by atoms with Gasteiger partial charge in [0.25, 0.3) is 0 Å². The molecule has 2 aromatic carbocycles. The van der Waals surface area contributed by atoms with Crippen molar-refractivity contribution in [1.82, 2.24) is 5.32 Å². The van der Waals surface area contributed by atoms with E-state index in [0.717, 1.165) is 16.7 Å². The maximum absolute atomic E-state index is 11.7. The second-order valence-corrected chi connectivity index (χ2v) is 5.40. The van der Waals surface area contributed by atoms with E-state index in [4.69, 9.17) is 9.15 Å². The molecule has 3 aromatic rings. The van der Waals surface area contributed by atoms with Crippen LogP contribution in [0, 0.1) is 0 Å². The van der Waals surface area contributed by atoms with Gasteiger partial charge in [-0.15, -0.1) is 0 Å². The first-order valence-corrected chi connectivity index (χ1v) is 7.77. The molecule has 0 bridgehead atoms. The highest BCUT2D eigenvalue weighted by Crippen LogP contribution is 2.23. The molecule has 0 aliphatic heterocycles. The minimum Gasteiger partial charge on any atom is -0.463 e. The summed E-state index contributed by atoms with van der Waals surface area (Å²) in [5.74, 6) is -0.224. The first kappa shape index (κ1) is 16.0. The molecule has 24 heavy (non-hydrogen) atoms. The second-order valence-electron chi connectivity index (χ2n) is 5.40. The predicted octanol–water partition coefficient (Wildman–Crippen LogP) is 3.95. The van der Waals surface area contributed by atoms with Crippen molar-refractivity contribution in [3.8, 4) is 0 Å². The SMILES string of the molecule is COC(=O)c1occc1CNC(c1ccccc1)c1ccccc1. The van der Waals surface area contributed by atoms with Gasteiger partial charge in [-0.25, -0.2) is 4.79 Å². The normalized spacial score (nSPS) is 10.8. The molecule has 4 heteroatoms. The monoisotopic (exact) mass is 321 g/mol. The van der Waals surface area contributed by atoms with Crippen LogP contribution in [0.2, 0.25) is 0 Å². The van der Waals surface area contributed by atoms with Crippen LogP contribution in [0.15, 0.2) is 77.4 Å². The zero-order chi connectivity index (χ0) is 16.8. The van der Waals surface area contributed by atoms with Crippen molar-refractivity contribution >= 4 is 5.97 Å². The molecule has 0 fully saturated rings. The number of ether oxygens (including phenoxy) is 1. The van der Waals surface area contributed by atoms with E-state index in [1.54, 1.807) is 6.07 Å². The fourth-order valence-electron chi connectivity index (χ4n) is 2.68. The van der Waals surface area contributed by atoms with E-state index in [2.05, 4.69) is 29.6 Å². The number of esters is 1. The molecule has 4 nitrogen and oxygen atoms in total. The van der Waals surface area contributed by atoms with Crippen LogP contribution >= 0.6 is 0 Å². The van der Waals surface area contributed by atoms with E-state index in [1.807, 2.05) is 36.4 Å². The fourth-order valence-corrected chi connectivity index (χ4v) is 2.68. The van der Waals surface area contributed by atoms with E-state index < -0.39 is 5.97 Å². The van der Waals surface area contributed by atoms with Crippen molar-refractivity contribution in [3.63, 3.8) is 0 Å². The summed E-state index contributed by atoms with van der Waals surface area (Å²) >= 11 is 0. The Labute approximate surface area is 141 Å². The van der Waals surface area contributed by atoms with Crippen LogP contribution < -0.4 is 5.32 Å². The second kappa shape index (κ2) is 7.62. The van der Waals surface area contributed by atoms with Gasteiger partial charge in [0.15, 0.2) is 0 Å². The summed E-state index contributed by atoms with van der Waals surface area (Å²) in [5.41, 5.74) is 3.09. The molecular weight excluding hydrogens is 302 g/mol. The topological polar surface area (TPSA) is 51.5 Å². The lowest BCUT2D eigenvalue weighted by Crippen LogP contribution is -2.22. The third-order valence-electron chi connectivity index (χ3n) is 3.88. The fraction of sp³-hybridized carbons (Fsp3) is 0.150.